The Kier molecular flexibility index (Phi) is 5.58. The molecular formula is C23H25FN4O4. The van der Waals surface area contributed by atoms with Gasteiger partial charge in [0.15, 0.2) is 0 Å². The second-order valence-corrected chi connectivity index (χ2v) is 9.00. The molecule has 0 spiro atoms. The monoisotopic (exact) mass is 440 g/mol. The van der Waals surface area contributed by atoms with Crippen LogP contribution in [-0.2, 0) is 4.74 Å². The van der Waals surface area contributed by atoms with Crippen LogP contribution in [0.2, 0.25) is 0 Å². The van der Waals surface area contributed by atoms with Crippen molar-refractivity contribution in [2.24, 2.45) is 0 Å². The number of nitrogens with zero attached hydrogens (tertiary/aromatic N) is 4. The molecule has 1 atom stereocenters. The summed E-state index contributed by atoms with van der Waals surface area (Å²) < 4.78 is 20.9. The summed E-state index contributed by atoms with van der Waals surface area (Å²) in [5.41, 5.74) is 1.02. The van der Waals surface area contributed by atoms with Crippen LogP contribution >= 0.6 is 0 Å². The fourth-order valence-corrected chi connectivity index (χ4v) is 4.19. The van der Waals surface area contributed by atoms with Gasteiger partial charge in [-0.25, -0.2) is 9.18 Å². The molecule has 1 amide bonds. The number of nitro benzene ring substituents is 1. The number of pyridine rings is 1. The number of nitro groups is 1. The molecule has 1 aliphatic rings. The second kappa shape index (κ2) is 8.22. The number of fused-ring (bicyclic) bond motifs is 1. The van der Waals surface area contributed by atoms with Crippen LogP contribution in [0.4, 0.5) is 14.9 Å². The molecule has 3 heterocycles. The van der Waals surface area contributed by atoms with Gasteiger partial charge < -0.3 is 14.2 Å². The first-order valence-electron chi connectivity index (χ1n) is 10.5. The van der Waals surface area contributed by atoms with Crippen LogP contribution in [-0.4, -0.2) is 44.2 Å². The summed E-state index contributed by atoms with van der Waals surface area (Å²) in [4.78, 5) is 29.5. The van der Waals surface area contributed by atoms with Gasteiger partial charge in [-0.05, 0) is 57.4 Å². The van der Waals surface area contributed by atoms with Crippen molar-refractivity contribution in [2.45, 2.75) is 45.1 Å². The van der Waals surface area contributed by atoms with E-state index in [0.29, 0.717) is 18.6 Å². The van der Waals surface area contributed by atoms with Crippen molar-refractivity contribution in [2.75, 3.05) is 13.1 Å². The Balaban J connectivity index is 1.74. The number of amides is 1. The molecular weight excluding hydrogens is 415 g/mol. The number of ether oxygens (including phenoxy) is 1. The molecule has 8 nitrogen and oxygen atoms in total. The van der Waals surface area contributed by atoms with Crippen LogP contribution in [0.15, 0.2) is 42.9 Å². The summed E-state index contributed by atoms with van der Waals surface area (Å²) in [6, 6.07) is 5.39. The zero-order valence-electron chi connectivity index (χ0n) is 18.2. The molecule has 0 radical (unpaired) electrons. The molecule has 9 heteroatoms. The first-order chi connectivity index (χ1) is 15.1. The van der Waals surface area contributed by atoms with E-state index in [1.54, 1.807) is 21.9 Å². The molecule has 1 saturated heterocycles. The van der Waals surface area contributed by atoms with E-state index in [2.05, 4.69) is 4.98 Å². The normalized spacial score (nSPS) is 16.9. The highest BCUT2D eigenvalue weighted by Gasteiger charge is 2.30. The Bertz CT molecular complexity index is 1180. The zero-order valence-corrected chi connectivity index (χ0v) is 18.2. The quantitative estimate of drug-likeness (QED) is 0.413. The molecule has 0 N–H and O–H groups in total. The van der Waals surface area contributed by atoms with E-state index < -0.39 is 16.3 Å². The number of likely N-dealkylation sites (tertiary alicyclic amines) is 1. The highest BCUT2D eigenvalue weighted by molar-refractivity contribution is 5.86. The van der Waals surface area contributed by atoms with Gasteiger partial charge in [-0.2, -0.15) is 0 Å². The average Bonchev–Trinajstić information content (AvgIpc) is 3.12. The van der Waals surface area contributed by atoms with E-state index in [9.17, 15) is 19.3 Å². The Hall–Kier alpha value is -3.49. The maximum Gasteiger partial charge on any atom is 0.410 e. The van der Waals surface area contributed by atoms with Gasteiger partial charge in [-0.15, -0.1) is 0 Å². The number of benzene rings is 1. The Morgan fingerprint density at radius 2 is 2.09 bits per heavy atom. The van der Waals surface area contributed by atoms with Gasteiger partial charge in [0.2, 0.25) is 0 Å². The summed E-state index contributed by atoms with van der Waals surface area (Å²) in [5, 5.41) is 12.5. The molecule has 32 heavy (non-hydrogen) atoms. The maximum atomic E-state index is 13.7. The third-order valence-corrected chi connectivity index (χ3v) is 5.55. The van der Waals surface area contributed by atoms with Crippen LogP contribution in [0.5, 0.6) is 0 Å². The van der Waals surface area contributed by atoms with Crippen LogP contribution in [0.25, 0.3) is 16.6 Å². The molecule has 0 bridgehead atoms. The molecule has 1 unspecified atom stereocenters. The molecule has 3 aromatic rings. The van der Waals surface area contributed by atoms with Gasteiger partial charge in [0.1, 0.15) is 17.1 Å². The van der Waals surface area contributed by atoms with Gasteiger partial charge in [0, 0.05) is 36.8 Å². The van der Waals surface area contributed by atoms with Crippen molar-refractivity contribution in [3.05, 3.63) is 64.4 Å². The van der Waals surface area contributed by atoms with Crippen molar-refractivity contribution in [1.82, 2.24) is 14.5 Å². The first-order valence-corrected chi connectivity index (χ1v) is 10.5. The molecule has 1 aromatic carbocycles. The topological polar surface area (TPSA) is 90.5 Å². The highest BCUT2D eigenvalue weighted by atomic mass is 19.1. The number of halogens is 1. The summed E-state index contributed by atoms with van der Waals surface area (Å²) in [7, 11) is 0. The molecule has 0 saturated carbocycles. The van der Waals surface area contributed by atoms with Crippen molar-refractivity contribution >= 4 is 22.7 Å². The predicted octanol–water partition coefficient (Wildman–Crippen LogP) is 5.19. The van der Waals surface area contributed by atoms with E-state index in [0.717, 1.165) is 29.9 Å². The number of hydrogen-bond donors (Lipinski definition) is 0. The number of carbonyl (C=O) groups is 1. The smallest absolute Gasteiger partial charge is 0.410 e. The minimum absolute atomic E-state index is 0.0296. The molecule has 1 fully saturated rings. The standard InChI is InChI=1S/C23H25FN4O4/c1-23(2,3)32-22(29)26-10-4-5-15(13-26)18-14-27(21-12-25-9-8-17(18)21)19-7-6-16(24)11-20(19)28(30)31/h6-9,11-12,14-15H,4-5,10,13H2,1-3H3. The van der Waals surface area contributed by atoms with Gasteiger partial charge in [-0.1, -0.05) is 0 Å². The Morgan fingerprint density at radius 1 is 1.31 bits per heavy atom. The minimum atomic E-state index is -0.671. The second-order valence-electron chi connectivity index (χ2n) is 9.00. The molecule has 0 aliphatic carbocycles. The van der Waals surface area contributed by atoms with Gasteiger partial charge in [0.05, 0.1) is 22.7 Å². The summed E-state index contributed by atoms with van der Waals surface area (Å²) in [6.45, 7) is 6.62. The van der Waals surface area contributed by atoms with Crippen LogP contribution < -0.4 is 0 Å². The fraction of sp³-hybridized carbons (Fsp3) is 0.391. The van der Waals surface area contributed by atoms with E-state index in [1.165, 1.54) is 12.1 Å². The number of carbonyl (C=O) groups excluding carboxylic acids is 1. The minimum Gasteiger partial charge on any atom is -0.444 e. The lowest BCUT2D eigenvalue weighted by atomic mass is 9.91. The summed E-state index contributed by atoms with van der Waals surface area (Å²) in [6.07, 6.45) is 6.49. The third kappa shape index (κ3) is 4.28. The fourth-order valence-electron chi connectivity index (χ4n) is 4.19. The molecule has 2 aromatic heterocycles. The number of hydrogen-bond acceptors (Lipinski definition) is 5. The Labute approximate surface area is 184 Å². The van der Waals surface area contributed by atoms with E-state index in [1.807, 2.05) is 33.0 Å². The first kappa shape index (κ1) is 21.7. The highest BCUT2D eigenvalue weighted by Crippen LogP contribution is 2.36. The van der Waals surface area contributed by atoms with Gasteiger partial charge >= 0.3 is 6.09 Å². The van der Waals surface area contributed by atoms with E-state index in [-0.39, 0.29) is 23.4 Å². The third-order valence-electron chi connectivity index (χ3n) is 5.55. The zero-order chi connectivity index (χ0) is 23.0. The van der Waals surface area contributed by atoms with Crippen molar-refractivity contribution in [1.29, 1.82) is 0 Å². The SMILES string of the molecule is CC(C)(C)OC(=O)N1CCCC(c2cn(-c3ccc(F)cc3[N+](=O)[O-])c3cnccc23)C1. The van der Waals surface area contributed by atoms with Crippen LogP contribution in [0.1, 0.15) is 45.1 Å². The molecule has 168 valence electrons. The van der Waals surface area contributed by atoms with Crippen LogP contribution in [0.3, 0.4) is 0 Å². The average molecular weight is 440 g/mol. The van der Waals surface area contributed by atoms with Gasteiger partial charge in [-0.3, -0.25) is 15.1 Å². The number of aromatic nitrogens is 2. The lowest BCUT2D eigenvalue weighted by Crippen LogP contribution is -2.42. The van der Waals surface area contributed by atoms with Crippen LogP contribution in [0, 0.1) is 15.9 Å². The summed E-state index contributed by atoms with van der Waals surface area (Å²) >= 11 is 0. The maximum absolute atomic E-state index is 13.7. The van der Waals surface area contributed by atoms with Crippen molar-refractivity contribution in [3.8, 4) is 5.69 Å². The van der Waals surface area contributed by atoms with E-state index in [4.69, 9.17) is 4.74 Å². The molecule has 4 rings (SSSR count). The molecule has 1 aliphatic heterocycles. The van der Waals surface area contributed by atoms with Crippen molar-refractivity contribution < 1.29 is 18.8 Å². The Morgan fingerprint density at radius 3 is 2.81 bits per heavy atom. The lowest BCUT2D eigenvalue weighted by molar-refractivity contribution is -0.384. The van der Waals surface area contributed by atoms with Gasteiger partial charge in [0.25, 0.3) is 5.69 Å². The van der Waals surface area contributed by atoms with E-state index >= 15 is 0 Å². The largest absolute Gasteiger partial charge is 0.444 e. The number of piperidine rings is 1. The van der Waals surface area contributed by atoms with Crippen molar-refractivity contribution in [3.63, 3.8) is 0 Å². The lowest BCUT2D eigenvalue weighted by Gasteiger charge is -2.34. The summed E-state index contributed by atoms with van der Waals surface area (Å²) in [5.74, 6) is -0.641. The number of rotatable bonds is 3. The predicted molar refractivity (Wildman–Crippen MR) is 117 cm³/mol.